The monoisotopic (exact) mass is 238 g/mol. The third-order valence-electron chi connectivity index (χ3n) is 2.21. The summed E-state index contributed by atoms with van der Waals surface area (Å²) < 4.78 is 14.3. The second-order valence-electron chi connectivity index (χ2n) is 3.01. The van der Waals surface area contributed by atoms with Gasteiger partial charge in [-0.15, -0.1) is 0 Å². The van der Waals surface area contributed by atoms with Crippen LogP contribution in [0.5, 0.6) is 0 Å². The molecule has 0 aliphatic heterocycles. The van der Waals surface area contributed by atoms with Crippen molar-refractivity contribution in [1.29, 1.82) is 0 Å². The molecule has 2 rings (SSSR count). The van der Waals surface area contributed by atoms with Crippen LogP contribution in [0.15, 0.2) is 34.8 Å². The van der Waals surface area contributed by atoms with Crippen molar-refractivity contribution in [2.45, 2.75) is 6.92 Å². The third-order valence-corrected chi connectivity index (χ3v) is 3.07. The summed E-state index contributed by atoms with van der Waals surface area (Å²) in [4.78, 5) is 0. The minimum atomic E-state index is -0.159. The van der Waals surface area contributed by atoms with Gasteiger partial charge in [0.1, 0.15) is 5.82 Å². The smallest absolute Gasteiger partial charge is 0.131 e. The third kappa shape index (κ3) is 1.35. The Labute approximate surface area is 84.5 Å². The molecule has 0 fully saturated rings. The lowest BCUT2D eigenvalue weighted by Gasteiger charge is -2.04. The van der Waals surface area contributed by atoms with Crippen LogP contribution in [0.2, 0.25) is 0 Å². The summed E-state index contributed by atoms with van der Waals surface area (Å²) in [5.74, 6) is -0.159. The van der Waals surface area contributed by atoms with Crippen molar-refractivity contribution < 1.29 is 4.39 Å². The molecule has 66 valence electrons. The fraction of sp³-hybridized carbons (Fsp3) is 0.0909. The second-order valence-corrected chi connectivity index (χ2v) is 3.86. The van der Waals surface area contributed by atoms with Crippen molar-refractivity contribution >= 4 is 26.7 Å². The van der Waals surface area contributed by atoms with E-state index in [0.717, 1.165) is 15.4 Å². The van der Waals surface area contributed by atoms with Gasteiger partial charge in [-0.05, 0) is 30.0 Å². The lowest BCUT2D eigenvalue weighted by atomic mass is 10.1. The molecular formula is C11H8BrF. The Kier molecular flexibility index (Phi) is 2.08. The number of fused-ring (bicyclic) bond motifs is 1. The molecule has 2 heteroatoms. The summed E-state index contributed by atoms with van der Waals surface area (Å²) >= 11 is 3.42. The summed E-state index contributed by atoms with van der Waals surface area (Å²) in [5.41, 5.74) is 1.08. The van der Waals surface area contributed by atoms with E-state index >= 15 is 0 Å². The van der Waals surface area contributed by atoms with E-state index in [1.54, 1.807) is 12.1 Å². The minimum Gasteiger partial charge on any atom is -0.206 e. The zero-order chi connectivity index (χ0) is 9.42. The molecule has 0 aromatic heterocycles. The van der Waals surface area contributed by atoms with Gasteiger partial charge in [0.05, 0.1) is 0 Å². The van der Waals surface area contributed by atoms with Crippen LogP contribution >= 0.6 is 15.9 Å². The Hall–Kier alpha value is -0.890. The van der Waals surface area contributed by atoms with Crippen LogP contribution in [0.1, 0.15) is 5.56 Å². The maximum atomic E-state index is 13.3. The number of hydrogen-bond donors (Lipinski definition) is 0. The minimum absolute atomic E-state index is 0.159. The zero-order valence-corrected chi connectivity index (χ0v) is 8.73. The number of halogens is 2. The quantitative estimate of drug-likeness (QED) is 0.650. The van der Waals surface area contributed by atoms with E-state index in [1.807, 2.05) is 19.1 Å². The molecule has 0 saturated carbocycles. The average Bonchev–Trinajstić information content (AvgIpc) is 2.12. The first kappa shape index (κ1) is 8.70. The molecule has 0 saturated heterocycles. The van der Waals surface area contributed by atoms with Gasteiger partial charge in [-0.2, -0.15) is 0 Å². The molecule has 0 radical (unpaired) electrons. The number of hydrogen-bond acceptors (Lipinski definition) is 0. The molecular weight excluding hydrogens is 231 g/mol. The van der Waals surface area contributed by atoms with E-state index in [2.05, 4.69) is 15.9 Å². The maximum Gasteiger partial charge on any atom is 0.131 e. The normalized spacial score (nSPS) is 10.7. The highest BCUT2D eigenvalue weighted by atomic mass is 79.9. The molecule has 0 spiro atoms. The number of rotatable bonds is 0. The predicted octanol–water partition coefficient (Wildman–Crippen LogP) is 4.05. The predicted molar refractivity (Wildman–Crippen MR) is 56.3 cm³/mol. The van der Waals surface area contributed by atoms with E-state index in [9.17, 15) is 4.39 Å². The highest BCUT2D eigenvalue weighted by molar-refractivity contribution is 9.10. The Morgan fingerprint density at radius 2 is 1.85 bits per heavy atom. The lowest BCUT2D eigenvalue weighted by molar-refractivity contribution is 0.640. The first-order valence-electron chi connectivity index (χ1n) is 4.03. The molecule has 0 aliphatic rings. The highest BCUT2D eigenvalue weighted by Gasteiger charge is 2.03. The van der Waals surface area contributed by atoms with Crippen molar-refractivity contribution in [1.82, 2.24) is 0 Å². The molecule has 13 heavy (non-hydrogen) atoms. The number of benzene rings is 2. The first-order valence-corrected chi connectivity index (χ1v) is 4.83. The Bertz CT molecular complexity index is 463. The van der Waals surface area contributed by atoms with Crippen LogP contribution in [0.4, 0.5) is 4.39 Å². The van der Waals surface area contributed by atoms with Crippen LogP contribution in [-0.4, -0.2) is 0 Å². The van der Waals surface area contributed by atoms with Gasteiger partial charge >= 0.3 is 0 Å². The fourth-order valence-electron chi connectivity index (χ4n) is 1.44. The van der Waals surface area contributed by atoms with Crippen LogP contribution in [0, 0.1) is 12.7 Å². The van der Waals surface area contributed by atoms with Gasteiger partial charge in [0.25, 0.3) is 0 Å². The molecule has 0 N–H and O–H groups in total. The topological polar surface area (TPSA) is 0 Å². The molecule has 0 bridgehead atoms. The van der Waals surface area contributed by atoms with Crippen LogP contribution < -0.4 is 0 Å². The van der Waals surface area contributed by atoms with Crippen molar-refractivity contribution in [3.63, 3.8) is 0 Å². The molecule has 0 aliphatic carbocycles. The molecule has 0 unspecified atom stereocenters. The van der Waals surface area contributed by atoms with Crippen LogP contribution in [0.3, 0.4) is 0 Å². The van der Waals surface area contributed by atoms with E-state index in [-0.39, 0.29) is 5.82 Å². The van der Waals surface area contributed by atoms with Gasteiger partial charge in [-0.3, -0.25) is 0 Å². The van der Waals surface area contributed by atoms with Crippen molar-refractivity contribution in [3.05, 3.63) is 46.2 Å². The maximum absolute atomic E-state index is 13.3. The summed E-state index contributed by atoms with van der Waals surface area (Å²) in [6, 6.07) is 8.81. The van der Waals surface area contributed by atoms with E-state index < -0.39 is 0 Å². The van der Waals surface area contributed by atoms with Gasteiger partial charge in [-0.25, -0.2) is 4.39 Å². The Morgan fingerprint density at radius 3 is 2.62 bits per heavy atom. The fourth-order valence-corrected chi connectivity index (χ4v) is 1.79. The van der Waals surface area contributed by atoms with Crippen molar-refractivity contribution in [2.75, 3.05) is 0 Å². The molecule has 2 aromatic rings. The largest absolute Gasteiger partial charge is 0.206 e. The molecule has 0 atom stereocenters. The molecule has 0 nitrogen and oxygen atoms in total. The summed E-state index contributed by atoms with van der Waals surface area (Å²) in [7, 11) is 0. The van der Waals surface area contributed by atoms with Crippen molar-refractivity contribution in [3.8, 4) is 0 Å². The summed E-state index contributed by atoms with van der Waals surface area (Å²) in [6.07, 6.45) is 0. The van der Waals surface area contributed by atoms with Gasteiger partial charge < -0.3 is 0 Å². The van der Waals surface area contributed by atoms with Gasteiger partial charge in [0.2, 0.25) is 0 Å². The SMILES string of the molecule is Cc1c(Br)ccc2c(F)cccc12. The first-order chi connectivity index (χ1) is 6.20. The van der Waals surface area contributed by atoms with Gasteiger partial charge in [0.15, 0.2) is 0 Å². The summed E-state index contributed by atoms with van der Waals surface area (Å²) in [6.45, 7) is 1.98. The average molecular weight is 239 g/mol. The van der Waals surface area contributed by atoms with Crippen molar-refractivity contribution in [2.24, 2.45) is 0 Å². The van der Waals surface area contributed by atoms with E-state index in [0.29, 0.717) is 5.39 Å². The number of aryl methyl sites for hydroxylation is 1. The van der Waals surface area contributed by atoms with Crippen LogP contribution in [0.25, 0.3) is 10.8 Å². The second kappa shape index (κ2) is 3.11. The zero-order valence-electron chi connectivity index (χ0n) is 7.14. The van der Waals surface area contributed by atoms with Gasteiger partial charge in [-0.1, -0.05) is 34.1 Å². The highest BCUT2D eigenvalue weighted by Crippen LogP contribution is 2.26. The molecule has 2 aromatic carbocycles. The standard InChI is InChI=1S/C11H8BrF/c1-7-8-3-2-4-11(13)9(8)5-6-10(7)12/h2-6H,1H3. The molecule has 0 heterocycles. The summed E-state index contributed by atoms with van der Waals surface area (Å²) in [5, 5.41) is 1.65. The van der Waals surface area contributed by atoms with Crippen LogP contribution in [-0.2, 0) is 0 Å². The van der Waals surface area contributed by atoms with Gasteiger partial charge in [0, 0.05) is 9.86 Å². The Balaban J connectivity index is 2.94. The lowest BCUT2D eigenvalue weighted by Crippen LogP contribution is -1.83. The van der Waals surface area contributed by atoms with E-state index in [1.165, 1.54) is 6.07 Å². The van der Waals surface area contributed by atoms with E-state index in [4.69, 9.17) is 0 Å². The molecule has 0 amide bonds. The Morgan fingerprint density at radius 1 is 1.08 bits per heavy atom.